The van der Waals surface area contributed by atoms with Crippen molar-refractivity contribution in [1.82, 2.24) is 0 Å². The summed E-state index contributed by atoms with van der Waals surface area (Å²) in [6, 6.07) is 2.68. The standard InChI is InChI=1S/C10H10BrCl2FO2/c11-7-5-8(13)9(14)6-10(7)16-4-3-15-2-1-12/h5-6H,1-4H2. The number of hydrogen-bond donors (Lipinski definition) is 0. The SMILES string of the molecule is Fc1cc(OCCOCCCl)c(Br)cc1Cl. The van der Waals surface area contributed by atoms with Crippen LogP contribution in [-0.4, -0.2) is 25.7 Å². The van der Waals surface area contributed by atoms with Gasteiger partial charge in [0.25, 0.3) is 0 Å². The van der Waals surface area contributed by atoms with E-state index < -0.39 is 5.82 Å². The van der Waals surface area contributed by atoms with E-state index >= 15 is 0 Å². The lowest BCUT2D eigenvalue weighted by Crippen LogP contribution is -2.08. The highest BCUT2D eigenvalue weighted by Gasteiger charge is 2.07. The largest absolute Gasteiger partial charge is 0.490 e. The van der Waals surface area contributed by atoms with E-state index in [1.54, 1.807) is 0 Å². The molecule has 0 aliphatic carbocycles. The second-order valence-electron chi connectivity index (χ2n) is 2.85. The van der Waals surface area contributed by atoms with Crippen LogP contribution in [-0.2, 0) is 4.74 Å². The Balaban J connectivity index is 2.45. The van der Waals surface area contributed by atoms with Gasteiger partial charge in [0, 0.05) is 11.9 Å². The molecule has 0 N–H and O–H groups in total. The summed E-state index contributed by atoms with van der Waals surface area (Å²) in [4.78, 5) is 0. The van der Waals surface area contributed by atoms with Crippen molar-refractivity contribution in [3.05, 3.63) is 27.4 Å². The van der Waals surface area contributed by atoms with Crippen LogP contribution >= 0.6 is 39.1 Å². The molecular formula is C10H10BrCl2FO2. The van der Waals surface area contributed by atoms with Crippen LogP contribution in [0, 0.1) is 5.82 Å². The highest BCUT2D eigenvalue weighted by Crippen LogP contribution is 2.30. The van der Waals surface area contributed by atoms with Crippen molar-refractivity contribution in [2.75, 3.05) is 25.7 Å². The van der Waals surface area contributed by atoms with Crippen LogP contribution in [0.15, 0.2) is 16.6 Å². The number of halogens is 4. The van der Waals surface area contributed by atoms with Gasteiger partial charge >= 0.3 is 0 Å². The molecule has 0 amide bonds. The van der Waals surface area contributed by atoms with Gasteiger partial charge in [0.15, 0.2) is 0 Å². The molecule has 0 radical (unpaired) electrons. The Kier molecular flexibility index (Phi) is 6.43. The maximum atomic E-state index is 13.1. The number of ether oxygens (including phenoxy) is 2. The predicted octanol–water partition coefficient (Wildman–Crippen LogP) is 3.88. The monoisotopic (exact) mass is 330 g/mol. The first-order chi connectivity index (χ1) is 7.65. The molecule has 0 aromatic heterocycles. The molecule has 0 saturated carbocycles. The quantitative estimate of drug-likeness (QED) is 0.447. The fourth-order valence-corrected chi connectivity index (χ4v) is 1.84. The zero-order valence-corrected chi connectivity index (χ0v) is 11.4. The van der Waals surface area contributed by atoms with E-state index in [0.29, 0.717) is 35.9 Å². The van der Waals surface area contributed by atoms with Gasteiger partial charge in [-0.2, -0.15) is 0 Å². The summed E-state index contributed by atoms with van der Waals surface area (Å²) < 4.78 is 24.1. The summed E-state index contributed by atoms with van der Waals surface area (Å²) in [7, 11) is 0. The van der Waals surface area contributed by atoms with Crippen LogP contribution in [0.5, 0.6) is 5.75 Å². The van der Waals surface area contributed by atoms with Crippen molar-refractivity contribution in [3.8, 4) is 5.75 Å². The molecule has 0 aliphatic rings. The molecule has 6 heteroatoms. The van der Waals surface area contributed by atoms with Crippen LogP contribution in [0.1, 0.15) is 0 Å². The summed E-state index contributed by atoms with van der Waals surface area (Å²) in [5.74, 6) is 0.331. The molecule has 0 atom stereocenters. The minimum absolute atomic E-state index is 0.0533. The van der Waals surface area contributed by atoms with Crippen LogP contribution in [0.3, 0.4) is 0 Å². The smallest absolute Gasteiger partial charge is 0.145 e. The van der Waals surface area contributed by atoms with Crippen LogP contribution in [0.2, 0.25) is 5.02 Å². The number of benzene rings is 1. The molecular weight excluding hydrogens is 322 g/mol. The third kappa shape index (κ3) is 4.45. The molecule has 1 aromatic carbocycles. The van der Waals surface area contributed by atoms with Gasteiger partial charge < -0.3 is 9.47 Å². The van der Waals surface area contributed by atoms with E-state index in [0.717, 1.165) is 0 Å². The fraction of sp³-hybridized carbons (Fsp3) is 0.400. The van der Waals surface area contributed by atoms with E-state index in [2.05, 4.69) is 15.9 Å². The molecule has 0 spiro atoms. The lowest BCUT2D eigenvalue weighted by atomic mass is 10.3. The third-order valence-corrected chi connectivity index (χ3v) is 2.75. The van der Waals surface area contributed by atoms with E-state index in [1.807, 2.05) is 0 Å². The highest BCUT2D eigenvalue weighted by molar-refractivity contribution is 9.10. The summed E-state index contributed by atoms with van der Waals surface area (Å²) in [5.41, 5.74) is 0. The number of hydrogen-bond acceptors (Lipinski definition) is 2. The van der Waals surface area contributed by atoms with Gasteiger partial charge in [-0.25, -0.2) is 4.39 Å². The molecule has 0 fully saturated rings. The molecule has 1 rings (SSSR count). The van der Waals surface area contributed by atoms with Crippen molar-refractivity contribution in [2.24, 2.45) is 0 Å². The Labute approximate surface area is 112 Å². The van der Waals surface area contributed by atoms with Crippen molar-refractivity contribution in [1.29, 1.82) is 0 Å². The zero-order valence-electron chi connectivity index (χ0n) is 8.31. The van der Waals surface area contributed by atoms with Crippen molar-refractivity contribution >= 4 is 39.1 Å². The van der Waals surface area contributed by atoms with Gasteiger partial charge in [-0.05, 0) is 22.0 Å². The van der Waals surface area contributed by atoms with E-state index in [1.165, 1.54) is 12.1 Å². The molecule has 0 bridgehead atoms. The first-order valence-electron chi connectivity index (χ1n) is 4.56. The predicted molar refractivity (Wildman–Crippen MR) is 66.1 cm³/mol. The molecule has 90 valence electrons. The summed E-state index contributed by atoms with van der Waals surface area (Å²) in [5, 5.41) is 0.0533. The van der Waals surface area contributed by atoms with Crippen LogP contribution in [0.4, 0.5) is 4.39 Å². The van der Waals surface area contributed by atoms with Crippen molar-refractivity contribution in [2.45, 2.75) is 0 Å². The molecule has 2 nitrogen and oxygen atoms in total. The van der Waals surface area contributed by atoms with Gasteiger partial charge in [0.05, 0.1) is 22.7 Å². The van der Waals surface area contributed by atoms with Gasteiger partial charge in [-0.3, -0.25) is 0 Å². The lowest BCUT2D eigenvalue weighted by molar-refractivity contribution is 0.111. The highest BCUT2D eigenvalue weighted by atomic mass is 79.9. The van der Waals surface area contributed by atoms with Gasteiger partial charge in [0.2, 0.25) is 0 Å². The second kappa shape index (κ2) is 7.33. The molecule has 0 saturated heterocycles. The van der Waals surface area contributed by atoms with Gasteiger partial charge in [0.1, 0.15) is 18.2 Å². The zero-order chi connectivity index (χ0) is 12.0. The maximum absolute atomic E-state index is 13.1. The normalized spacial score (nSPS) is 10.5. The number of rotatable bonds is 6. The maximum Gasteiger partial charge on any atom is 0.145 e. The van der Waals surface area contributed by atoms with Gasteiger partial charge in [-0.15, -0.1) is 11.6 Å². The first-order valence-corrected chi connectivity index (χ1v) is 6.26. The van der Waals surface area contributed by atoms with E-state index in [9.17, 15) is 4.39 Å². The average molecular weight is 332 g/mol. The van der Waals surface area contributed by atoms with Crippen LogP contribution < -0.4 is 4.74 Å². The Hall–Kier alpha value is -0.0300. The van der Waals surface area contributed by atoms with E-state index in [4.69, 9.17) is 32.7 Å². The summed E-state index contributed by atoms with van der Waals surface area (Å²) in [6.07, 6.45) is 0. The molecule has 16 heavy (non-hydrogen) atoms. The van der Waals surface area contributed by atoms with Gasteiger partial charge in [-0.1, -0.05) is 11.6 Å². The molecule has 0 heterocycles. The molecule has 0 aliphatic heterocycles. The Morgan fingerprint density at radius 1 is 1.25 bits per heavy atom. The van der Waals surface area contributed by atoms with E-state index in [-0.39, 0.29) is 5.02 Å². The topological polar surface area (TPSA) is 18.5 Å². The summed E-state index contributed by atoms with van der Waals surface area (Å²) in [6.45, 7) is 1.21. The average Bonchev–Trinajstić information content (AvgIpc) is 2.25. The Morgan fingerprint density at radius 2 is 2.00 bits per heavy atom. The third-order valence-electron chi connectivity index (χ3n) is 1.68. The van der Waals surface area contributed by atoms with Crippen molar-refractivity contribution < 1.29 is 13.9 Å². The Bertz CT molecular complexity index is 350. The fourth-order valence-electron chi connectivity index (χ4n) is 0.982. The number of alkyl halides is 1. The summed E-state index contributed by atoms with van der Waals surface area (Å²) >= 11 is 14.2. The molecule has 0 unspecified atom stereocenters. The lowest BCUT2D eigenvalue weighted by Gasteiger charge is -2.09. The van der Waals surface area contributed by atoms with Crippen molar-refractivity contribution in [3.63, 3.8) is 0 Å². The minimum Gasteiger partial charge on any atom is -0.490 e. The molecule has 1 aromatic rings. The first kappa shape index (κ1) is 14.0. The Morgan fingerprint density at radius 3 is 2.69 bits per heavy atom. The second-order valence-corrected chi connectivity index (χ2v) is 4.49. The minimum atomic E-state index is -0.512. The van der Waals surface area contributed by atoms with Crippen LogP contribution in [0.25, 0.3) is 0 Å².